The monoisotopic (exact) mass is 405 g/mol. The van der Waals surface area contributed by atoms with Crippen molar-refractivity contribution in [3.63, 3.8) is 0 Å². The van der Waals surface area contributed by atoms with Crippen LogP contribution in [0.2, 0.25) is 5.15 Å². The van der Waals surface area contributed by atoms with E-state index in [1.54, 1.807) is 31.3 Å². The van der Waals surface area contributed by atoms with Crippen molar-refractivity contribution in [2.24, 2.45) is 7.05 Å². The average Bonchev–Trinajstić information content (AvgIpc) is 2.83. The standard InChI is InChI=1S/C17H16ClN5O3S/c1-22-14-4-3-11(21-13-5-6-20-16(18)12(13)10-19)9-15(14)23(17(22)24)7-8-27(2,25)26/h3-6,9H,7-8H2,1-2H3,(H,20,21). The van der Waals surface area contributed by atoms with Crippen LogP contribution < -0.4 is 11.0 Å². The molecular formula is C17H16ClN5O3S. The number of nitriles is 1. The Balaban J connectivity index is 2.06. The second-order valence-corrected chi connectivity index (χ2v) is 8.71. The summed E-state index contributed by atoms with van der Waals surface area (Å²) in [6.07, 6.45) is 2.61. The number of nitrogens with one attached hydrogen (secondary N) is 1. The summed E-state index contributed by atoms with van der Waals surface area (Å²) in [7, 11) is -1.58. The molecule has 140 valence electrons. The molecule has 0 aliphatic heterocycles. The Bertz CT molecular complexity index is 1240. The highest BCUT2D eigenvalue weighted by Crippen LogP contribution is 2.26. The van der Waals surface area contributed by atoms with E-state index in [1.807, 2.05) is 6.07 Å². The SMILES string of the molecule is Cn1c(=O)n(CCS(C)(=O)=O)c2cc(Nc3ccnc(Cl)c3C#N)ccc21. The largest absolute Gasteiger partial charge is 0.354 e. The molecule has 0 spiro atoms. The van der Waals surface area contributed by atoms with Crippen LogP contribution >= 0.6 is 11.6 Å². The fourth-order valence-corrected chi connectivity index (χ4v) is 3.48. The topological polar surface area (TPSA) is 110 Å². The average molecular weight is 406 g/mol. The molecule has 2 heterocycles. The van der Waals surface area contributed by atoms with Crippen molar-refractivity contribution < 1.29 is 8.42 Å². The van der Waals surface area contributed by atoms with Crippen molar-refractivity contribution in [2.75, 3.05) is 17.3 Å². The van der Waals surface area contributed by atoms with Crippen LogP contribution in [-0.2, 0) is 23.4 Å². The molecule has 1 N–H and O–H groups in total. The summed E-state index contributed by atoms with van der Waals surface area (Å²) in [6, 6.07) is 8.87. The Morgan fingerprint density at radius 1 is 1.30 bits per heavy atom. The van der Waals surface area contributed by atoms with Crippen molar-refractivity contribution in [3.8, 4) is 6.07 Å². The van der Waals surface area contributed by atoms with Gasteiger partial charge >= 0.3 is 5.69 Å². The molecule has 0 radical (unpaired) electrons. The molecule has 0 unspecified atom stereocenters. The lowest BCUT2D eigenvalue weighted by atomic mass is 10.2. The van der Waals surface area contributed by atoms with E-state index in [0.29, 0.717) is 22.4 Å². The second-order valence-electron chi connectivity index (χ2n) is 6.09. The molecule has 27 heavy (non-hydrogen) atoms. The van der Waals surface area contributed by atoms with E-state index in [0.717, 1.165) is 6.26 Å². The van der Waals surface area contributed by atoms with Gasteiger partial charge in [0.05, 0.1) is 22.5 Å². The first-order valence-electron chi connectivity index (χ1n) is 7.90. The van der Waals surface area contributed by atoms with Gasteiger partial charge in [-0.05, 0) is 24.3 Å². The van der Waals surface area contributed by atoms with Gasteiger partial charge in [0, 0.05) is 31.7 Å². The minimum absolute atomic E-state index is 0.0585. The fourth-order valence-electron chi connectivity index (χ4n) is 2.76. The van der Waals surface area contributed by atoms with Gasteiger partial charge < -0.3 is 5.32 Å². The number of imidazole rings is 1. The van der Waals surface area contributed by atoms with Crippen LogP contribution in [0.3, 0.4) is 0 Å². The molecule has 0 saturated heterocycles. The smallest absolute Gasteiger partial charge is 0.328 e. The van der Waals surface area contributed by atoms with Crippen LogP contribution in [-0.4, -0.2) is 34.5 Å². The van der Waals surface area contributed by atoms with E-state index >= 15 is 0 Å². The number of aromatic nitrogens is 3. The molecule has 3 aromatic rings. The Labute approximate surface area is 160 Å². The summed E-state index contributed by atoms with van der Waals surface area (Å²) in [5.41, 5.74) is 2.29. The van der Waals surface area contributed by atoms with E-state index in [4.69, 9.17) is 11.6 Å². The Morgan fingerprint density at radius 2 is 2.04 bits per heavy atom. The van der Waals surface area contributed by atoms with E-state index < -0.39 is 9.84 Å². The van der Waals surface area contributed by atoms with E-state index in [1.165, 1.54) is 15.3 Å². The third-order valence-electron chi connectivity index (χ3n) is 4.13. The number of sulfone groups is 1. The number of halogens is 1. The predicted octanol–water partition coefficient (Wildman–Crippen LogP) is 2.05. The number of benzene rings is 1. The van der Waals surface area contributed by atoms with Crippen LogP contribution in [0.15, 0.2) is 35.3 Å². The minimum Gasteiger partial charge on any atom is -0.354 e. The van der Waals surface area contributed by atoms with E-state index in [2.05, 4.69) is 10.3 Å². The molecule has 10 heteroatoms. The molecule has 0 atom stereocenters. The first-order valence-corrected chi connectivity index (χ1v) is 10.3. The lowest BCUT2D eigenvalue weighted by Gasteiger charge is -2.10. The molecule has 3 rings (SSSR count). The Kier molecular flexibility index (Phi) is 4.95. The number of fused-ring (bicyclic) bond motifs is 1. The van der Waals surface area contributed by atoms with Gasteiger partial charge in [0.25, 0.3) is 0 Å². The Morgan fingerprint density at radius 3 is 2.70 bits per heavy atom. The highest BCUT2D eigenvalue weighted by atomic mass is 35.5. The molecule has 8 nitrogen and oxygen atoms in total. The van der Waals surface area contributed by atoms with Crippen LogP contribution in [0.4, 0.5) is 11.4 Å². The van der Waals surface area contributed by atoms with Crippen molar-refractivity contribution >= 4 is 43.8 Å². The second kappa shape index (κ2) is 7.06. The van der Waals surface area contributed by atoms with Gasteiger partial charge in [0.15, 0.2) is 0 Å². The third-order valence-corrected chi connectivity index (χ3v) is 5.34. The number of rotatable bonds is 5. The Hall–Kier alpha value is -2.83. The molecule has 0 amide bonds. The molecule has 0 fully saturated rings. The first-order chi connectivity index (χ1) is 12.7. The fraction of sp³-hybridized carbons (Fsp3) is 0.235. The summed E-state index contributed by atoms with van der Waals surface area (Å²) < 4.78 is 25.9. The van der Waals surface area contributed by atoms with Crippen LogP contribution in [0.1, 0.15) is 5.56 Å². The summed E-state index contributed by atoms with van der Waals surface area (Å²) in [4.78, 5) is 16.3. The number of pyridine rings is 1. The van der Waals surface area contributed by atoms with Crippen LogP contribution in [0.25, 0.3) is 11.0 Å². The van der Waals surface area contributed by atoms with Crippen molar-refractivity contribution in [1.29, 1.82) is 5.26 Å². The predicted molar refractivity (Wildman–Crippen MR) is 104 cm³/mol. The molecular weight excluding hydrogens is 390 g/mol. The number of hydrogen-bond acceptors (Lipinski definition) is 6. The highest BCUT2D eigenvalue weighted by Gasteiger charge is 2.14. The number of anilines is 2. The normalized spacial score (nSPS) is 11.5. The lowest BCUT2D eigenvalue weighted by molar-refractivity contribution is 0.593. The van der Waals surface area contributed by atoms with Crippen molar-refractivity contribution in [1.82, 2.24) is 14.1 Å². The quantitative estimate of drug-likeness (QED) is 0.650. The molecule has 0 bridgehead atoms. The molecule has 0 aliphatic carbocycles. The number of nitrogens with zero attached hydrogens (tertiary/aromatic N) is 4. The number of hydrogen-bond donors (Lipinski definition) is 1. The van der Waals surface area contributed by atoms with Gasteiger partial charge in [-0.15, -0.1) is 0 Å². The lowest BCUT2D eigenvalue weighted by Crippen LogP contribution is -2.25. The summed E-state index contributed by atoms with van der Waals surface area (Å²) in [5.74, 6) is -0.137. The first kappa shape index (κ1) is 18.9. The third kappa shape index (κ3) is 3.82. The summed E-state index contributed by atoms with van der Waals surface area (Å²) in [5, 5.41) is 12.4. The van der Waals surface area contributed by atoms with Gasteiger partial charge in [0.2, 0.25) is 0 Å². The van der Waals surface area contributed by atoms with Crippen molar-refractivity contribution in [2.45, 2.75) is 6.54 Å². The van der Waals surface area contributed by atoms with Gasteiger partial charge in [-0.3, -0.25) is 9.13 Å². The molecule has 0 aliphatic rings. The van der Waals surface area contributed by atoms with Crippen LogP contribution in [0, 0.1) is 11.3 Å². The maximum absolute atomic E-state index is 12.5. The van der Waals surface area contributed by atoms with Gasteiger partial charge in [-0.2, -0.15) is 5.26 Å². The zero-order valence-electron chi connectivity index (χ0n) is 14.6. The zero-order valence-corrected chi connectivity index (χ0v) is 16.2. The van der Waals surface area contributed by atoms with Crippen molar-refractivity contribution in [3.05, 3.63) is 51.7 Å². The maximum atomic E-state index is 12.5. The summed E-state index contributed by atoms with van der Waals surface area (Å²) >= 11 is 5.94. The minimum atomic E-state index is -3.21. The van der Waals surface area contributed by atoms with E-state index in [9.17, 15) is 18.5 Å². The van der Waals surface area contributed by atoms with Crippen LogP contribution in [0.5, 0.6) is 0 Å². The van der Waals surface area contributed by atoms with Gasteiger partial charge in [0.1, 0.15) is 26.6 Å². The number of aryl methyl sites for hydroxylation is 2. The van der Waals surface area contributed by atoms with Gasteiger partial charge in [-0.1, -0.05) is 11.6 Å². The molecule has 1 aromatic carbocycles. The molecule has 2 aromatic heterocycles. The molecule has 0 saturated carbocycles. The van der Waals surface area contributed by atoms with Gasteiger partial charge in [-0.25, -0.2) is 18.2 Å². The van der Waals surface area contributed by atoms with E-state index in [-0.39, 0.29) is 28.7 Å². The maximum Gasteiger partial charge on any atom is 0.328 e. The summed E-state index contributed by atoms with van der Waals surface area (Å²) in [6.45, 7) is 0.0585. The highest BCUT2D eigenvalue weighted by molar-refractivity contribution is 7.90. The zero-order chi connectivity index (χ0) is 19.8.